The van der Waals surface area contributed by atoms with E-state index in [9.17, 15) is 0 Å². The van der Waals surface area contributed by atoms with Crippen molar-refractivity contribution in [3.8, 4) is 0 Å². The van der Waals surface area contributed by atoms with Crippen LogP contribution in [0.1, 0.15) is 36.6 Å². The van der Waals surface area contributed by atoms with Crippen LogP contribution in [0.2, 0.25) is 10.0 Å². The Labute approximate surface area is 136 Å². The summed E-state index contributed by atoms with van der Waals surface area (Å²) >= 11 is 12.4. The van der Waals surface area contributed by atoms with Crippen molar-refractivity contribution in [2.24, 2.45) is 5.41 Å². The van der Waals surface area contributed by atoms with Crippen LogP contribution < -0.4 is 5.32 Å². The van der Waals surface area contributed by atoms with Crippen LogP contribution in [0, 0.1) is 12.3 Å². The van der Waals surface area contributed by atoms with E-state index in [-0.39, 0.29) is 11.5 Å². The van der Waals surface area contributed by atoms with Crippen LogP contribution in [-0.2, 0) is 6.42 Å². The minimum Gasteiger partial charge on any atom is -0.378 e. The highest BCUT2D eigenvalue weighted by atomic mass is 35.5. The molecule has 1 aliphatic carbocycles. The van der Waals surface area contributed by atoms with Crippen LogP contribution in [0.5, 0.6) is 0 Å². The number of hydrogen-bond donors (Lipinski definition) is 1. The molecule has 2 aromatic rings. The van der Waals surface area contributed by atoms with Crippen molar-refractivity contribution in [3.05, 3.63) is 63.1 Å². The zero-order valence-electron chi connectivity index (χ0n) is 12.5. The summed E-state index contributed by atoms with van der Waals surface area (Å²) in [6.07, 6.45) is 1.05. The number of benzene rings is 2. The highest BCUT2D eigenvalue weighted by Crippen LogP contribution is 2.47. The Morgan fingerprint density at radius 3 is 2.57 bits per heavy atom. The van der Waals surface area contributed by atoms with Gasteiger partial charge >= 0.3 is 0 Å². The number of halogens is 2. The lowest BCUT2D eigenvalue weighted by atomic mass is 9.85. The zero-order chi connectivity index (χ0) is 15.2. The van der Waals surface area contributed by atoms with Crippen LogP contribution >= 0.6 is 23.2 Å². The third-order valence-corrected chi connectivity index (χ3v) is 4.97. The summed E-state index contributed by atoms with van der Waals surface area (Å²) in [5.74, 6) is 0. The van der Waals surface area contributed by atoms with Crippen LogP contribution in [0.25, 0.3) is 0 Å². The fourth-order valence-corrected chi connectivity index (χ4v) is 3.49. The van der Waals surface area contributed by atoms with Gasteiger partial charge in [-0.1, -0.05) is 49.2 Å². The molecule has 0 bridgehead atoms. The van der Waals surface area contributed by atoms with E-state index in [1.54, 1.807) is 0 Å². The van der Waals surface area contributed by atoms with Crippen molar-refractivity contribution in [3.63, 3.8) is 0 Å². The molecule has 0 aromatic heterocycles. The molecule has 0 aliphatic heterocycles. The fraction of sp³-hybridized carbons (Fsp3) is 0.333. The molecule has 0 radical (unpaired) electrons. The minimum atomic E-state index is 0.143. The highest BCUT2D eigenvalue weighted by Gasteiger charge is 2.39. The van der Waals surface area contributed by atoms with Gasteiger partial charge in [0.1, 0.15) is 0 Å². The molecule has 0 amide bonds. The van der Waals surface area contributed by atoms with Gasteiger partial charge in [-0.25, -0.2) is 0 Å². The number of fused-ring (bicyclic) bond motifs is 1. The van der Waals surface area contributed by atoms with E-state index in [0.29, 0.717) is 0 Å². The quantitative estimate of drug-likeness (QED) is 0.711. The lowest BCUT2D eigenvalue weighted by Gasteiger charge is -2.29. The molecular formula is C18H19Cl2N. The van der Waals surface area contributed by atoms with E-state index in [1.807, 2.05) is 25.1 Å². The molecule has 3 rings (SSSR count). The summed E-state index contributed by atoms with van der Waals surface area (Å²) in [5, 5.41) is 5.22. The largest absolute Gasteiger partial charge is 0.378 e. The van der Waals surface area contributed by atoms with Gasteiger partial charge in [0.25, 0.3) is 0 Å². The Kier molecular flexibility index (Phi) is 3.67. The Morgan fingerprint density at radius 2 is 1.86 bits per heavy atom. The molecule has 1 nitrogen and oxygen atoms in total. The smallest absolute Gasteiger partial charge is 0.0571 e. The monoisotopic (exact) mass is 319 g/mol. The summed E-state index contributed by atoms with van der Waals surface area (Å²) in [4.78, 5) is 0. The summed E-state index contributed by atoms with van der Waals surface area (Å²) in [5.41, 5.74) is 4.96. The molecule has 110 valence electrons. The molecular weight excluding hydrogens is 301 g/mol. The second-order valence-electron chi connectivity index (χ2n) is 6.55. The molecule has 0 saturated heterocycles. The maximum atomic E-state index is 6.23. The van der Waals surface area contributed by atoms with Gasteiger partial charge in [0.2, 0.25) is 0 Å². The van der Waals surface area contributed by atoms with Crippen molar-refractivity contribution in [1.82, 2.24) is 0 Å². The third kappa shape index (κ3) is 2.77. The lowest BCUT2D eigenvalue weighted by molar-refractivity contribution is 0.337. The average molecular weight is 320 g/mol. The van der Waals surface area contributed by atoms with Gasteiger partial charge in [-0.05, 0) is 59.7 Å². The summed E-state index contributed by atoms with van der Waals surface area (Å²) in [6, 6.07) is 12.6. The second kappa shape index (κ2) is 5.23. The van der Waals surface area contributed by atoms with Crippen molar-refractivity contribution >= 4 is 28.9 Å². The SMILES string of the molecule is Cc1ccc(NC2c3cc(Cl)ccc3CC2(C)C)cc1Cl. The maximum absolute atomic E-state index is 6.23. The second-order valence-corrected chi connectivity index (χ2v) is 7.39. The van der Waals surface area contributed by atoms with E-state index in [4.69, 9.17) is 23.2 Å². The van der Waals surface area contributed by atoms with Crippen molar-refractivity contribution in [1.29, 1.82) is 0 Å². The molecule has 0 fully saturated rings. The zero-order valence-corrected chi connectivity index (χ0v) is 14.0. The van der Waals surface area contributed by atoms with Crippen molar-refractivity contribution < 1.29 is 0 Å². The predicted molar refractivity (Wildman–Crippen MR) is 91.5 cm³/mol. The maximum Gasteiger partial charge on any atom is 0.0571 e. The Bertz CT molecular complexity index is 692. The Hall–Kier alpha value is -1.18. The summed E-state index contributed by atoms with van der Waals surface area (Å²) in [6.45, 7) is 6.59. The lowest BCUT2D eigenvalue weighted by Crippen LogP contribution is -2.24. The molecule has 1 atom stereocenters. The first-order valence-electron chi connectivity index (χ1n) is 7.18. The molecule has 0 saturated carbocycles. The Balaban J connectivity index is 1.97. The Morgan fingerprint density at radius 1 is 1.10 bits per heavy atom. The predicted octanol–water partition coefficient (Wildman–Crippen LogP) is 6.04. The van der Waals surface area contributed by atoms with Crippen LogP contribution in [-0.4, -0.2) is 0 Å². The van der Waals surface area contributed by atoms with Gasteiger partial charge < -0.3 is 5.32 Å². The third-order valence-electron chi connectivity index (χ3n) is 4.33. The normalized spacial score (nSPS) is 19.4. The van der Waals surface area contributed by atoms with Crippen molar-refractivity contribution in [2.75, 3.05) is 5.32 Å². The standard InChI is InChI=1S/C18H19Cl2N/c1-11-4-7-14(9-16(11)20)21-17-15-8-13(19)6-5-12(15)10-18(17,2)3/h4-9,17,21H,10H2,1-3H3. The van der Waals surface area contributed by atoms with Gasteiger partial charge in [0, 0.05) is 15.7 Å². The van der Waals surface area contributed by atoms with Crippen LogP contribution in [0.4, 0.5) is 5.69 Å². The number of nitrogens with one attached hydrogen (secondary N) is 1. The van der Waals surface area contributed by atoms with Crippen LogP contribution in [0.3, 0.4) is 0 Å². The van der Waals surface area contributed by atoms with E-state index < -0.39 is 0 Å². The molecule has 1 N–H and O–H groups in total. The summed E-state index contributed by atoms with van der Waals surface area (Å²) in [7, 11) is 0. The molecule has 0 heterocycles. The van der Waals surface area contributed by atoms with E-state index in [2.05, 4.69) is 37.4 Å². The van der Waals surface area contributed by atoms with E-state index in [1.165, 1.54) is 11.1 Å². The van der Waals surface area contributed by atoms with Gasteiger partial charge in [-0.3, -0.25) is 0 Å². The van der Waals surface area contributed by atoms with Gasteiger partial charge in [0.05, 0.1) is 6.04 Å². The topological polar surface area (TPSA) is 12.0 Å². The fourth-order valence-electron chi connectivity index (χ4n) is 3.13. The van der Waals surface area contributed by atoms with Crippen molar-refractivity contribution in [2.45, 2.75) is 33.2 Å². The van der Waals surface area contributed by atoms with E-state index in [0.717, 1.165) is 27.7 Å². The number of anilines is 1. The number of rotatable bonds is 2. The number of aryl methyl sites for hydroxylation is 1. The first kappa shape index (κ1) is 14.7. The molecule has 1 unspecified atom stereocenters. The van der Waals surface area contributed by atoms with Crippen LogP contribution in [0.15, 0.2) is 36.4 Å². The highest BCUT2D eigenvalue weighted by molar-refractivity contribution is 6.31. The average Bonchev–Trinajstić information content (AvgIpc) is 2.65. The molecule has 1 aliphatic rings. The van der Waals surface area contributed by atoms with Gasteiger partial charge in [0.15, 0.2) is 0 Å². The first-order valence-corrected chi connectivity index (χ1v) is 7.93. The molecule has 2 aromatic carbocycles. The molecule has 3 heteroatoms. The van der Waals surface area contributed by atoms with Gasteiger partial charge in [-0.2, -0.15) is 0 Å². The molecule has 21 heavy (non-hydrogen) atoms. The van der Waals surface area contributed by atoms with E-state index >= 15 is 0 Å². The first-order chi connectivity index (χ1) is 9.87. The minimum absolute atomic E-state index is 0.143. The van der Waals surface area contributed by atoms with Gasteiger partial charge in [-0.15, -0.1) is 0 Å². The summed E-state index contributed by atoms with van der Waals surface area (Å²) < 4.78 is 0. The molecule has 0 spiro atoms. The number of hydrogen-bond acceptors (Lipinski definition) is 1.